The quantitative estimate of drug-likeness (QED) is 0.228. The summed E-state index contributed by atoms with van der Waals surface area (Å²) in [5, 5.41) is 2.64. The molecule has 8 heteroatoms. The lowest BCUT2D eigenvalue weighted by atomic mass is 9.99. The maximum absolute atomic E-state index is 12.4. The van der Waals surface area contributed by atoms with Gasteiger partial charge < -0.3 is 9.73 Å². The summed E-state index contributed by atoms with van der Waals surface area (Å²) in [5.74, 6) is 4.74. The van der Waals surface area contributed by atoms with Crippen LogP contribution in [0.15, 0.2) is 22.8 Å². The number of furan rings is 1. The first kappa shape index (κ1) is 15.0. The molecule has 0 aliphatic carbocycles. The van der Waals surface area contributed by atoms with Crippen LogP contribution in [0.1, 0.15) is 31.9 Å². The number of nitrogens with two attached hydrogens (primary N) is 1. The monoisotopic (exact) mass is 294 g/mol. The van der Waals surface area contributed by atoms with Crippen LogP contribution < -0.4 is 16.6 Å². The van der Waals surface area contributed by atoms with Crippen LogP contribution in [0.25, 0.3) is 0 Å². The van der Waals surface area contributed by atoms with Gasteiger partial charge in [-0.2, -0.15) is 0 Å². The van der Waals surface area contributed by atoms with Crippen molar-refractivity contribution in [1.29, 1.82) is 0 Å². The minimum Gasteiger partial charge on any atom is -0.466 e. The standard InChI is InChI=1S/C13H18N4O4/c1-13(9-5-4-8-21-9)11(19)17(12(20)15-13)7-3-2-6-10(18)16-14/h4-5,8H,2-3,6-7,14H2,1H3,(H,15,20)(H,16,18). The summed E-state index contributed by atoms with van der Waals surface area (Å²) in [7, 11) is 0. The molecule has 1 fully saturated rings. The zero-order valence-electron chi connectivity index (χ0n) is 11.7. The van der Waals surface area contributed by atoms with Crippen LogP contribution in [0.4, 0.5) is 4.79 Å². The van der Waals surface area contributed by atoms with E-state index in [4.69, 9.17) is 10.3 Å². The summed E-state index contributed by atoms with van der Waals surface area (Å²) in [6, 6.07) is 2.85. The van der Waals surface area contributed by atoms with Gasteiger partial charge in [-0.1, -0.05) is 0 Å². The second kappa shape index (κ2) is 5.96. The first-order valence-electron chi connectivity index (χ1n) is 6.66. The second-order valence-electron chi connectivity index (χ2n) is 5.01. The van der Waals surface area contributed by atoms with Crippen molar-refractivity contribution in [1.82, 2.24) is 15.6 Å². The Morgan fingerprint density at radius 2 is 2.24 bits per heavy atom. The Bertz CT molecular complexity index is 542. The van der Waals surface area contributed by atoms with Crippen LogP contribution >= 0.6 is 0 Å². The molecule has 2 rings (SSSR count). The van der Waals surface area contributed by atoms with E-state index in [2.05, 4.69) is 5.32 Å². The molecule has 1 aliphatic heterocycles. The van der Waals surface area contributed by atoms with Crippen LogP contribution in [0.2, 0.25) is 0 Å². The first-order valence-corrected chi connectivity index (χ1v) is 6.66. The molecule has 1 saturated heterocycles. The van der Waals surface area contributed by atoms with Crippen LogP contribution in [0.5, 0.6) is 0 Å². The Hall–Kier alpha value is -2.35. The predicted octanol–water partition coefficient (Wildman–Crippen LogP) is 0.207. The maximum Gasteiger partial charge on any atom is 0.325 e. The topological polar surface area (TPSA) is 118 Å². The number of imide groups is 1. The van der Waals surface area contributed by atoms with Crippen LogP contribution in [0.3, 0.4) is 0 Å². The summed E-state index contributed by atoms with van der Waals surface area (Å²) in [4.78, 5) is 36.5. The summed E-state index contributed by atoms with van der Waals surface area (Å²) < 4.78 is 5.23. The van der Waals surface area contributed by atoms with E-state index in [9.17, 15) is 14.4 Å². The number of nitrogens with zero attached hydrogens (tertiary/aromatic N) is 1. The lowest BCUT2D eigenvalue weighted by molar-refractivity contribution is -0.131. The third-order valence-electron chi connectivity index (χ3n) is 3.49. The normalized spacial score (nSPS) is 21.5. The van der Waals surface area contributed by atoms with E-state index in [0.29, 0.717) is 18.6 Å². The van der Waals surface area contributed by atoms with Crippen molar-refractivity contribution in [3.8, 4) is 0 Å². The Kier molecular flexibility index (Phi) is 4.27. The van der Waals surface area contributed by atoms with Crippen LogP contribution in [0, 0.1) is 0 Å². The van der Waals surface area contributed by atoms with Crippen molar-refractivity contribution in [3.05, 3.63) is 24.2 Å². The van der Waals surface area contributed by atoms with Gasteiger partial charge in [0.2, 0.25) is 5.91 Å². The molecular weight excluding hydrogens is 276 g/mol. The van der Waals surface area contributed by atoms with Gasteiger partial charge in [0, 0.05) is 13.0 Å². The number of urea groups is 1. The van der Waals surface area contributed by atoms with E-state index in [1.165, 1.54) is 6.26 Å². The fourth-order valence-electron chi connectivity index (χ4n) is 2.26. The van der Waals surface area contributed by atoms with Gasteiger partial charge in [-0.25, -0.2) is 10.6 Å². The fraction of sp³-hybridized carbons (Fsp3) is 0.462. The van der Waals surface area contributed by atoms with Gasteiger partial charge in [0.15, 0.2) is 5.54 Å². The van der Waals surface area contributed by atoms with E-state index in [1.807, 2.05) is 5.43 Å². The Morgan fingerprint density at radius 1 is 1.48 bits per heavy atom. The highest BCUT2D eigenvalue weighted by Gasteiger charge is 2.50. The predicted molar refractivity (Wildman–Crippen MR) is 72.5 cm³/mol. The molecule has 0 bridgehead atoms. The fourth-order valence-corrected chi connectivity index (χ4v) is 2.26. The molecule has 8 nitrogen and oxygen atoms in total. The SMILES string of the molecule is CC1(c2ccco2)NC(=O)N(CCCCC(=O)NN)C1=O. The van der Waals surface area contributed by atoms with Crippen LogP contribution in [-0.4, -0.2) is 29.3 Å². The lowest BCUT2D eigenvalue weighted by Gasteiger charge is -2.18. The Balaban J connectivity index is 1.95. The third kappa shape index (κ3) is 2.89. The molecule has 0 saturated carbocycles. The van der Waals surface area contributed by atoms with Gasteiger partial charge in [0.05, 0.1) is 6.26 Å². The highest BCUT2D eigenvalue weighted by molar-refractivity contribution is 6.06. The van der Waals surface area contributed by atoms with Gasteiger partial charge in [0.1, 0.15) is 5.76 Å². The number of hydrazine groups is 1. The average molecular weight is 294 g/mol. The van der Waals surface area contributed by atoms with E-state index >= 15 is 0 Å². The largest absolute Gasteiger partial charge is 0.466 e. The van der Waals surface area contributed by atoms with Gasteiger partial charge >= 0.3 is 6.03 Å². The lowest BCUT2D eigenvalue weighted by Crippen LogP contribution is -2.40. The molecule has 2 heterocycles. The molecule has 0 radical (unpaired) electrons. The molecule has 1 atom stereocenters. The summed E-state index contributed by atoms with van der Waals surface area (Å²) in [5.41, 5.74) is 0.860. The summed E-state index contributed by atoms with van der Waals surface area (Å²) in [6.45, 7) is 1.85. The summed E-state index contributed by atoms with van der Waals surface area (Å²) in [6.07, 6.45) is 2.78. The average Bonchev–Trinajstić information content (AvgIpc) is 3.06. The maximum atomic E-state index is 12.4. The highest BCUT2D eigenvalue weighted by atomic mass is 16.3. The van der Waals surface area contributed by atoms with Gasteiger partial charge in [0.25, 0.3) is 5.91 Å². The minimum absolute atomic E-state index is 0.249. The molecule has 4 amide bonds. The number of hydrogen-bond acceptors (Lipinski definition) is 5. The van der Waals surface area contributed by atoms with Gasteiger partial charge in [-0.05, 0) is 31.9 Å². The zero-order valence-corrected chi connectivity index (χ0v) is 11.7. The van der Waals surface area contributed by atoms with Crippen molar-refractivity contribution in [2.75, 3.05) is 6.54 Å². The summed E-state index contributed by atoms with van der Waals surface area (Å²) >= 11 is 0. The molecule has 1 aromatic rings. The zero-order chi connectivity index (χ0) is 15.5. The van der Waals surface area contributed by atoms with Crippen LogP contribution in [-0.2, 0) is 15.1 Å². The molecule has 1 aromatic heterocycles. The molecule has 21 heavy (non-hydrogen) atoms. The number of amides is 4. The smallest absolute Gasteiger partial charge is 0.325 e. The molecule has 4 N–H and O–H groups in total. The number of carbonyl (C=O) groups excluding carboxylic acids is 3. The van der Waals surface area contributed by atoms with E-state index in [0.717, 1.165) is 4.90 Å². The Morgan fingerprint density at radius 3 is 2.86 bits per heavy atom. The third-order valence-corrected chi connectivity index (χ3v) is 3.49. The minimum atomic E-state index is -1.17. The molecule has 0 spiro atoms. The molecule has 0 aromatic carbocycles. The number of rotatable bonds is 6. The molecular formula is C13H18N4O4. The molecule has 1 unspecified atom stereocenters. The van der Waals surface area contributed by atoms with Gasteiger partial charge in [-0.3, -0.25) is 19.9 Å². The number of unbranched alkanes of at least 4 members (excludes halogenated alkanes) is 1. The Labute approximate surface area is 121 Å². The molecule has 1 aliphatic rings. The number of nitrogens with one attached hydrogen (secondary N) is 2. The van der Waals surface area contributed by atoms with Crippen molar-refractivity contribution in [2.24, 2.45) is 5.84 Å². The van der Waals surface area contributed by atoms with Crippen molar-refractivity contribution >= 4 is 17.8 Å². The molecule has 114 valence electrons. The van der Waals surface area contributed by atoms with E-state index < -0.39 is 11.6 Å². The van der Waals surface area contributed by atoms with E-state index in [1.54, 1.807) is 19.1 Å². The second-order valence-corrected chi connectivity index (χ2v) is 5.01. The van der Waals surface area contributed by atoms with Crippen molar-refractivity contribution < 1.29 is 18.8 Å². The van der Waals surface area contributed by atoms with Crippen molar-refractivity contribution in [3.63, 3.8) is 0 Å². The highest BCUT2D eigenvalue weighted by Crippen LogP contribution is 2.29. The number of carbonyl (C=O) groups is 3. The van der Waals surface area contributed by atoms with Gasteiger partial charge in [-0.15, -0.1) is 0 Å². The van der Waals surface area contributed by atoms with E-state index in [-0.39, 0.29) is 24.8 Å². The first-order chi connectivity index (χ1) is 9.99. The van der Waals surface area contributed by atoms with Crippen molar-refractivity contribution in [2.45, 2.75) is 31.7 Å². The number of hydrogen-bond donors (Lipinski definition) is 3.